The molecular formula is C16H17BrFNO. The smallest absolute Gasteiger partial charge is 0.123 e. The maximum atomic E-state index is 13.0. The Morgan fingerprint density at radius 1 is 1.25 bits per heavy atom. The minimum atomic E-state index is -0.580. The first-order valence-electron chi connectivity index (χ1n) is 6.43. The van der Waals surface area contributed by atoms with Gasteiger partial charge in [0.25, 0.3) is 0 Å². The van der Waals surface area contributed by atoms with Crippen molar-refractivity contribution in [3.63, 3.8) is 0 Å². The van der Waals surface area contributed by atoms with Crippen LogP contribution in [0.15, 0.2) is 47.2 Å². The van der Waals surface area contributed by atoms with Crippen molar-refractivity contribution in [2.75, 3.05) is 0 Å². The number of benzene rings is 1. The third-order valence-electron chi connectivity index (χ3n) is 3.61. The minimum Gasteiger partial charge on any atom is -0.392 e. The molecule has 1 unspecified atom stereocenters. The van der Waals surface area contributed by atoms with E-state index in [0.29, 0.717) is 6.42 Å². The zero-order chi connectivity index (χ0) is 14.8. The number of rotatable bonds is 4. The lowest BCUT2D eigenvalue weighted by Gasteiger charge is -2.31. The zero-order valence-corrected chi connectivity index (χ0v) is 13.1. The molecule has 0 amide bonds. The Balaban J connectivity index is 2.18. The number of nitrogens with zero attached hydrogens (tertiary/aromatic N) is 1. The predicted octanol–water partition coefficient (Wildman–Crippen LogP) is 3.86. The van der Waals surface area contributed by atoms with Gasteiger partial charge in [-0.3, -0.25) is 4.98 Å². The average molecular weight is 338 g/mol. The first-order valence-corrected chi connectivity index (χ1v) is 7.22. The summed E-state index contributed by atoms with van der Waals surface area (Å²) in [5.74, 6) is -0.268. The Labute approximate surface area is 126 Å². The minimum absolute atomic E-state index is 0.268. The van der Waals surface area contributed by atoms with Gasteiger partial charge in [0.1, 0.15) is 5.82 Å². The lowest BCUT2D eigenvalue weighted by Crippen LogP contribution is -2.35. The molecule has 2 nitrogen and oxygen atoms in total. The molecule has 106 valence electrons. The van der Waals surface area contributed by atoms with Crippen LogP contribution >= 0.6 is 15.9 Å². The quantitative estimate of drug-likeness (QED) is 0.918. The number of aliphatic hydroxyl groups excluding tert-OH is 1. The molecular weight excluding hydrogens is 321 g/mol. The van der Waals surface area contributed by atoms with Crippen molar-refractivity contribution in [2.45, 2.75) is 31.8 Å². The van der Waals surface area contributed by atoms with Gasteiger partial charge >= 0.3 is 0 Å². The molecule has 2 rings (SSSR count). The molecule has 0 fully saturated rings. The summed E-state index contributed by atoms with van der Waals surface area (Å²) in [6, 6.07) is 8.22. The van der Waals surface area contributed by atoms with Crippen LogP contribution in [-0.2, 0) is 11.8 Å². The molecule has 0 radical (unpaired) electrons. The van der Waals surface area contributed by atoms with E-state index in [-0.39, 0.29) is 5.82 Å². The summed E-state index contributed by atoms with van der Waals surface area (Å²) in [5.41, 5.74) is 1.41. The SMILES string of the molecule is CC(C)(c1ccc(F)cc1)C(O)Cc1cncc(Br)c1. The second-order valence-corrected chi connectivity index (χ2v) is 6.38. The molecule has 2 aromatic rings. The molecule has 20 heavy (non-hydrogen) atoms. The summed E-state index contributed by atoms with van der Waals surface area (Å²) in [7, 11) is 0. The summed E-state index contributed by atoms with van der Waals surface area (Å²) >= 11 is 3.37. The topological polar surface area (TPSA) is 33.1 Å². The molecule has 0 spiro atoms. The van der Waals surface area contributed by atoms with Crippen LogP contribution < -0.4 is 0 Å². The summed E-state index contributed by atoms with van der Waals surface area (Å²) in [5, 5.41) is 10.5. The number of hydrogen-bond donors (Lipinski definition) is 1. The summed E-state index contributed by atoms with van der Waals surface area (Å²) in [6.07, 6.45) is 3.37. The molecule has 0 aliphatic rings. The fraction of sp³-hybridized carbons (Fsp3) is 0.312. The standard InChI is InChI=1S/C16H17BrFNO/c1-16(2,12-3-5-14(18)6-4-12)15(20)8-11-7-13(17)10-19-9-11/h3-7,9-10,15,20H,8H2,1-2H3. The van der Waals surface area contributed by atoms with Gasteiger partial charge in [0.05, 0.1) is 6.10 Å². The maximum Gasteiger partial charge on any atom is 0.123 e. The van der Waals surface area contributed by atoms with E-state index in [2.05, 4.69) is 20.9 Å². The fourth-order valence-electron chi connectivity index (χ4n) is 2.12. The Morgan fingerprint density at radius 3 is 2.50 bits per heavy atom. The van der Waals surface area contributed by atoms with E-state index in [9.17, 15) is 9.50 Å². The molecule has 0 bridgehead atoms. The van der Waals surface area contributed by atoms with Crippen LogP contribution in [0, 0.1) is 5.82 Å². The number of hydrogen-bond acceptors (Lipinski definition) is 2. The summed E-state index contributed by atoms with van der Waals surface area (Å²) in [6.45, 7) is 3.91. The molecule has 1 aromatic heterocycles. The third-order valence-corrected chi connectivity index (χ3v) is 4.05. The van der Waals surface area contributed by atoms with Crippen LogP contribution in [0.4, 0.5) is 4.39 Å². The lowest BCUT2D eigenvalue weighted by molar-refractivity contribution is 0.0998. The number of aliphatic hydroxyl groups is 1. The average Bonchev–Trinajstić information content (AvgIpc) is 2.39. The van der Waals surface area contributed by atoms with Gasteiger partial charge in [-0.2, -0.15) is 0 Å². The molecule has 0 aliphatic heterocycles. The largest absolute Gasteiger partial charge is 0.392 e. The van der Waals surface area contributed by atoms with Crippen LogP contribution in [-0.4, -0.2) is 16.2 Å². The van der Waals surface area contributed by atoms with Crippen molar-refractivity contribution < 1.29 is 9.50 Å². The molecule has 1 N–H and O–H groups in total. The highest BCUT2D eigenvalue weighted by Crippen LogP contribution is 2.29. The van der Waals surface area contributed by atoms with Crippen LogP contribution in [0.1, 0.15) is 25.0 Å². The van der Waals surface area contributed by atoms with E-state index in [1.807, 2.05) is 19.9 Å². The fourth-order valence-corrected chi connectivity index (χ4v) is 2.53. The monoisotopic (exact) mass is 337 g/mol. The Bertz CT molecular complexity index is 583. The highest BCUT2D eigenvalue weighted by molar-refractivity contribution is 9.10. The van der Waals surface area contributed by atoms with Crippen molar-refractivity contribution in [2.24, 2.45) is 0 Å². The maximum absolute atomic E-state index is 13.0. The molecule has 1 atom stereocenters. The van der Waals surface area contributed by atoms with Crippen molar-refractivity contribution in [3.8, 4) is 0 Å². The van der Waals surface area contributed by atoms with Gasteiger partial charge in [0.15, 0.2) is 0 Å². The second-order valence-electron chi connectivity index (χ2n) is 5.46. The van der Waals surface area contributed by atoms with Crippen LogP contribution in [0.5, 0.6) is 0 Å². The molecule has 0 saturated heterocycles. The Kier molecular flexibility index (Phi) is 4.55. The van der Waals surface area contributed by atoms with Gasteiger partial charge in [0.2, 0.25) is 0 Å². The van der Waals surface area contributed by atoms with Crippen molar-refractivity contribution >= 4 is 15.9 Å². The molecule has 4 heteroatoms. The van der Waals surface area contributed by atoms with Gasteiger partial charge in [0, 0.05) is 28.7 Å². The van der Waals surface area contributed by atoms with E-state index in [1.54, 1.807) is 24.5 Å². The number of halogens is 2. The third kappa shape index (κ3) is 3.44. The van der Waals surface area contributed by atoms with Gasteiger partial charge in [-0.25, -0.2) is 4.39 Å². The van der Waals surface area contributed by atoms with Crippen LogP contribution in [0.25, 0.3) is 0 Å². The Morgan fingerprint density at radius 2 is 1.90 bits per heavy atom. The molecule has 1 aromatic carbocycles. The highest BCUT2D eigenvalue weighted by Gasteiger charge is 2.30. The van der Waals surface area contributed by atoms with E-state index < -0.39 is 11.5 Å². The van der Waals surface area contributed by atoms with Crippen molar-refractivity contribution in [1.29, 1.82) is 0 Å². The first kappa shape index (κ1) is 15.1. The molecule has 1 heterocycles. The van der Waals surface area contributed by atoms with Gasteiger partial charge in [-0.05, 0) is 45.3 Å². The van der Waals surface area contributed by atoms with Gasteiger partial charge in [-0.1, -0.05) is 26.0 Å². The number of pyridine rings is 1. The lowest BCUT2D eigenvalue weighted by atomic mass is 9.77. The van der Waals surface area contributed by atoms with E-state index in [4.69, 9.17) is 0 Å². The summed E-state index contributed by atoms with van der Waals surface area (Å²) < 4.78 is 13.9. The molecule has 0 aliphatic carbocycles. The predicted molar refractivity (Wildman–Crippen MR) is 81.1 cm³/mol. The van der Waals surface area contributed by atoms with Crippen molar-refractivity contribution in [1.82, 2.24) is 4.98 Å². The summed E-state index contributed by atoms with van der Waals surface area (Å²) in [4.78, 5) is 4.10. The van der Waals surface area contributed by atoms with E-state index in [1.165, 1.54) is 12.1 Å². The van der Waals surface area contributed by atoms with Gasteiger partial charge in [-0.15, -0.1) is 0 Å². The van der Waals surface area contributed by atoms with E-state index >= 15 is 0 Å². The van der Waals surface area contributed by atoms with Crippen molar-refractivity contribution in [3.05, 3.63) is 64.1 Å². The Hall–Kier alpha value is -1.26. The normalized spacial score (nSPS) is 13.2. The zero-order valence-electron chi connectivity index (χ0n) is 11.5. The number of aromatic nitrogens is 1. The second kappa shape index (κ2) is 6.02. The van der Waals surface area contributed by atoms with Crippen LogP contribution in [0.3, 0.4) is 0 Å². The highest BCUT2D eigenvalue weighted by atomic mass is 79.9. The first-order chi connectivity index (χ1) is 9.39. The van der Waals surface area contributed by atoms with Gasteiger partial charge < -0.3 is 5.11 Å². The molecule has 0 saturated carbocycles. The van der Waals surface area contributed by atoms with Crippen LogP contribution in [0.2, 0.25) is 0 Å². The van der Waals surface area contributed by atoms with E-state index in [0.717, 1.165) is 15.6 Å².